The van der Waals surface area contributed by atoms with Crippen LogP contribution in [0.25, 0.3) is 0 Å². The summed E-state index contributed by atoms with van der Waals surface area (Å²) in [5.74, 6) is 0.920. The molecule has 2 aliphatic rings. The van der Waals surface area contributed by atoms with Crippen LogP contribution in [-0.4, -0.2) is 12.2 Å². The highest BCUT2D eigenvalue weighted by Crippen LogP contribution is 2.29. The number of ether oxygens (including phenoxy) is 2. The number of hydrogen-bond acceptors (Lipinski definition) is 2. The maximum atomic E-state index is 5.55. The lowest BCUT2D eigenvalue weighted by Crippen LogP contribution is -2.27. The second-order valence-electron chi connectivity index (χ2n) is 2.99. The first kappa shape index (κ1) is 6.08. The molecule has 0 aromatic carbocycles. The van der Waals surface area contributed by atoms with Crippen molar-refractivity contribution in [3.8, 4) is 0 Å². The Morgan fingerprint density at radius 3 is 3.10 bits per heavy atom. The van der Waals surface area contributed by atoms with Crippen molar-refractivity contribution >= 4 is 0 Å². The quantitative estimate of drug-likeness (QED) is 0.511. The zero-order chi connectivity index (χ0) is 6.97. The normalized spacial score (nSPS) is 37.5. The minimum absolute atomic E-state index is 0.351. The summed E-state index contributed by atoms with van der Waals surface area (Å²) in [6, 6.07) is 0. The molecule has 0 amide bonds. The van der Waals surface area contributed by atoms with Crippen LogP contribution in [0.2, 0.25) is 0 Å². The van der Waals surface area contributed by atoms with E-state index in [4.69, 9.17) is 9.47 Å². The van der Waals surface area contributed by atoms with E-state index in [0.717, 1.165) is 18.6 Å². The molecule has 56 valence electrons. The summed E-state index contributed by atoms with van der Waals surface area (Å²) in [7, 11) is 0. The Bertz CT molecular complexity index is 163. The zero-order valence-electron chi connectivity index (χ0n) is 6.17. The van der Waals surface area contributed by atoms with Gasteiger partial charge in [-0.05, 0) is 26.2 Å². The molecule has 2 atom stereocenters. The highest BCUT2D eigenvalue weighted by molar-refractivity contribution is 4.93. The Hall–Kier alpha value is -0.660. The Labute approximate surface area is 60.8 Å². The van der Waals surface area contributed by atoms with Crippen molar-refractivity contribution < 1.29 is 9.47 Å². The van der Waals surface area contributed by atoms with Gasteiger partial charge in [0.15, 0.2) is 0 Å². The van der Waals surface area contributed by atoms with Crippen molar-refractivity contribution in [1.29, 1.82) is 0 Å². The molecular formula is C8H12O2. The highest BCUT2D eigenvalue weighted by Gasteiger charge is 2.32. The molecule has 1 heterocycles. The molecular weight excluding hydrogens is 128 g/mol. The lowest BCUT2D eigenvalue weighted by Gasteiger charge is -2.25. The van der Waals surface area contributed by atoms with Crippen molar-refractivity contribution in [1.82, 2.24) is 0 Å². The molecule has 1 aliphatic heterocycles. The van der Waals surface area contributed by atoms with Crippen LogP contribution < -0.4 is 0 Å². The summed E-state index contributed by atoms with van der Waals surface area (Å²) >= 11 is 0. The van der Waals surface area contributed by atoms with Crippen LogP contribution in [-0.2, 0) is 9.47 Å². The summed E-state index contributed by atoms with van der Waals surface area (Å²) in [5, 5.41) is 0. The number of hydrogen-bond donors (Lipinski definition) is 0. The van der Waals surface area contributed by atoms with Gasteiger partial charge in [0.05, 0.1) is 0 Å². The molecule has 2 rings (SSSR count). The third kappa shape index (κ3) is 0.877. The topological polar surface area (TPSA) is 18.5 Å². The minimum Gasteiger partial charge on any atom is -0.491 e. The Morgan fingerprint density at radius 1 is 1.40 bits per heavy atom. The standard InChI is InChI=1S/C8H12O2/c1-6-5-9-7-3-2-4-8(7)10-6/h5,7-8H,2-4H2,1H3/t7-,8-/m0/s1. The van der Waals surface area contributed by atoms with E-state index in [-0.39, 0.29) is 0 Å². The fourth-order valence-electron chi connectivity index (χ4n) is 1.63. The van der Waals surface area contributed by atoms with E-state index in [1.807, 2.05) is 6.92 Å². The number of rotatable bonds is 0. The predicted octanol–water partition coefficient (Wildman–Crippen LogP) is 1.82. The fourth-order valence-corrected chi connectivity index (χ4v) is 1.63. The molecule has 0 spiro atoms. The second kappa shape index (κ2) is 2.19. The molecule has 10 heavy (non-hydrogen) atoms. The first-order valence-corrected chi connectivity index (χ1v) is 3.85. The molecule has 2 nitrogen and oxygen atoms in total. The van der Waals surface area contributed by atoms with Gasteiger partial charge in [-0.15, -0.1) is 0 Å². The van der Waals surface area contributed by atoms with Gasteiger partial charge in [-0.2, -0.15) is 0 Å². The third-order valence-corrected chi connectivity index (χ3v) is 2.14. The second-order valence-corrected chi connectivity index (χ2v) is 2.99. The van der Waals surface area contributed by atoms with Gasteiger partial charge in [-0.25, -0.2) is 0 Å². The first-order valence-electron chi connectivity index (χ1n) is 3.85. The molecule has 0 aromatic heterocycles. The zero-order valence-corrected chi connectivity index (χ0v) is 6.17. The van der Waals surface area contributed by atoms with Crippen LogP contribution in [0.15, 0.2) is 12.0 Å². The van der Waals surface area contributed by atoms with Gasteiger partial charge in [0.1, 0.15) is 24.2 Å². The Morgan fingerprint density at radius 2 is 2.20 bits per heavy atom. The SMILES string of the molecule is CC1=CO[C@H]2CCC[C@@H]2O1. The molecule has 2 heteroatoms. The van der Waals surface area contributed by atoms with E-state index in [1.165, 1.54) is 6.42 Å². The maximum absolute atomic E-state index is 5.55. The van der Waals surface area contributed by atoms with Gasteiger partial charge in [0.25, 0.3) is 0 Å². The summed E-state index contributed by atoms with van der Waals surface area (Å²) in [4.78, 5) is 0. The van der Waals surface area contributed by atoms with Crippen molar-refractivity contribution in [2.24, 2.45) is 0 Å². The van der Waals surface area contributed by atoms with E-state index in [0.29, 0.717) is 12.2 Å². The average Bonchev–Trinajstić information content (AvgIpc) is 2.33. The van der Waals surface area contributed by atoms with E-state index in [2.05, 4.69) is 0 Å². The summed E-state index contributed by atoms with van der Waals surface area (Å²) in [6.45, 7) is 1.94. The molecule has 1 fully saturated rings. The maximum Gasteiger partial charge on any atom is 0.135 e. The largest absolute Gasteiger partial charge is 0.491 e. The molecule has 0 unspecified atom stereocenters. The molecule has 0 radical (unpaired) electrons. The Kier molecular flexibility index (Phi) is 1.33. The van der Waals surface area contributed by atoms with E-state index >= 15 is 0 Å². The van der Waals surface area contributed by atoms with E-state index < -0.39 is 0 Å². The van der Waals surface area contributed by atoms with Crippen LogP contribution in [0.3, 0.4) is 0 Å². The van der Waals surface area contributed by atoms with Crippen molar-refractivity contribution in [3.05, 3.63) is 12.0 Å². The highest BCUT2D eigenvalue weighted by atomic mass is 16.6. The van der Waals surface area contributed by atoms with Gasteiger partial charge in [0.2, 0.25) is 0 Å². The molecule has 0 N–H and O–H groups in total. The Balaban J connectivity index is 2.08. The molecule has 1 aliphatic carbocycles. The minimum atomic E-state index is 0.351. The third-order valence-electron chi connectivity index (χ3n) is 2.14. The van der Waals surface area contributed by atoms with Gasteiger partial charge < -0.3 is 9.47 Å². The lowest BCUT2D eigenvalue weighted by molar-refractivity contribution is -0.0279. The lowest BCUT2D eigenvalue weighted by atomic mass is 10.2. The van der Waals surface area contributed by atoms with Crippen molar-refractivity contribution in [3.63, 3.8) is 0 Å². The van der Waals surface area contributed by atoms with Crippen molar-refractivity contribution in [2.45, 2.75) is 38.4 Å². The monoisotopic (exact) mass is 140 g/mol. The van der Waals surface area contributed by atoms with Gasteiger partial charge >= 0.3 is 0 Å². The van der Waals surface area contributed by atoms with Crippen LogP contribution >= 0.6 is 0 Å². The average molecular weight is 140 g/mol. The molecule has 0 bridgehead atoms. The van der Waals surface area contributed by atoms with Crippen LogP contribution in [0.5, 0.6) is 0 Å². The number of fused-ring (bicyclic) bond motifs is 1. The predicted molar refractivity (Wildman–Crippen MR) is 37.4 cm³/mol. The van der Waals surface area contributed by atoms with Crippen LogP contribution in [0, 0.1) is 0 Å². The van der Waals surface area contributed by atoms with Gasteiger partial charge in [0, 0.05) is 0 Å². The van der Waals surface area contributed by atoms with E-state index in [9.17, 15) is 0 Å². The van der Waals surface area contributed by atoms with Crippen molar-refractivity contribution in [2.75, 3.05) is 0 Å². The summed E-state index contributed by atoms with van der Waals surface area (Å²) in [5.41, 5.74) is 0. The number of allylic oxidation sites excluding steroid dienone is 1. The van der Waals surface area contributed by atoms with Crippen LogP contribution in [0.4, 0.5) is 0 Å². The van der Waals surface area contributed by atoms with Crippen LogP contribution in [0.1, 0.15) is 26.2 Å². The molecule has 0 saturated heterocycles. The van der Waals surface area contributed by atoms with Gasteiger partial charge in [-0.3, -0.25) is 0 Å². The van der Waals surface area contributed by atoms with E-state index in [1.54, 1.807) is 6.26 Å². The summed E-state index contributed by atoms with van der Waals surface area (Å²) < 4.78 is 11.0. The molecule has 1 saturated carbocycles. The summed E-state index contributed by atoms with van der Waals surface area (Å²) in [6.07, 6.45) is 6.00. The smallest absolute Gasteiger partial charge is 0.135 e. The first-order chi connectivity index (χ1) is 4.86. The molecule has 0 aromatic rings. The van der Waals surface area contributed by atoms with Gasteiger partial charge in [-0.1, -0.05) is 0 Å². The fraction of sp³-hybridized carbons (Fsp3) is 0.750.